The molecule has 0 saturated heterocycles. The number of unbranched alkanes of at least 4 members (excludes halogenated alkanes) is 1. The number of nitrogens with one attached hydrogen (secondary N) is 2. The predicted molar refractivity (Wildman–Crippen MR) is 104 cm³/mol. The van der Waals surface area contributed by atoms with Gasteiger partial charge in [-0.05, 0) is 38.6 Å². The molecular formula is C17H35N5O6. The molecule has 11 nitrogen and oxygen atoms in total. The van der Waals surface area contributed by atoms with Crippen LogP contribution in [0.2, 0.25) is 0 Å². The quantitative estimate of drug-likeness (QED) is 0.190. The van der Waals surface area contributed by atoms with Gasteiger partial charge in [0, 0.05) is 0 Å². The molecular weight excluding hydrogens is 370 g/mol. The third kappa shape index (κ3) is 13.0. The summed E-state index contributed by atoms with van der Waals surface area (Å²) >= 11 is 0. The minimum atomic E-state index is -1.11. The lowest BCUT2D eigenvalue weighted by atomic mass is 10.0. The van der Waals surface area contributed by atoms with E-state index in [1.54, 1.807) is 0 Å². The normalized spacial score (nSPS) is 14.5. The fraction of sp³-hybridized carbons (Fsp3) is 0.765. The average Bonchev–Trinajstić information content (AvgIpc) is 2.65. The lowest BCUT2D eigenvalue weighted by Crippen LogP contribution is -2.51. The maximum Gasteiger partial charge on any atom is 0.326 e. The zero-order valence-corrected chi connectivity index (χ0v) is 16.8. The van der Waals surface area contributed by atoms with Crippen molar-refractivity contribution in [2.45, 2.75) is 64.6 Å². The van der Waals surface area contributed by atoms with Gasteiger partial charge in [0.25, 0.3) is 0 Å². The molecule has 0 rings (SSSR count). The molecule has 4 atom stereocenters. The van der Waals surface area contributed by atoms with E-state index in [0.717, 1.165) is 6.42 Å². The van der Waals surface area contributed by atoms with E-state index in [1.807, 2.05) is 13.8 Å². The summed E-state index contributed by atoms with van der Waals surface area (Å²) in [6, 6.07) is -2.50. The smallest absolute Gasteiger partial charge is 0.326 e. The van der Waals surface area contributed by atoms with Gasteiger partial charge in [-0.15, -0.1) is 0 Å². The largest absolute Gasteiger partial charge is 0.480 e. The molecule has 0 saturated carbocycles. The van der Waals surface area contributed by atoms with Crippen LogP contribution in [0.25, 0.3) is 0 Å². The van der Waals surface area contributed by atoms with Gasteiger partial charge in [0.1, 0.15) is 18.1 Å². The molecule has 2 amide bonds. The molecule has 164 valence electrons. The van der Waals surface area contributed by atoms with Crippen molar-refractivity contribution < 1.29 is 29.4 Å². The Bertz CT molecular complexity index is 502. The predicted octanol–water partition coefficient (Wildman–Crippen LogP) is -1.41. The molecule has 10 N–H and O–H groups in total. The Labute approximate surface area is 165 Å². The first-order valence-corrected chi connectivity index (χ1v) is 9.22. The van der Waals surface area contributed by atoms with Crippen LogP contribution in [-0.4, -0.2) is 65.2 Å². The molecule has 0 aromatic rings. The maximum absolute atomic E-state index is 11.7. The minimum Gasteiger partial charge on any atom is -0.480 e. The first kappa shape index (κ1) is 28.0. The van der Waals surface area contributed by atoms with Crippen LogP contribution in [-0.2, 0) is 19.2 Å². The first-order valence-electron chi connectivity index (χ1n) is 9.22. The van der Waals surface area contributed by atoms with E-state index in [4.69, 9.17) is 27.4 Å². The van der Waals surface area contributed by atoms with Gasteiger partial charge in [-0.1, -0.05) is 20.3 Å². The van der Waals surface area contributed by atoms with Gasteiger partial charge in [-0.3, -0.25) is 14.4 Å². The van der Waals surface area contributed by atoms with Gasteiger partial charge >= 0.3 is 11.9 Å². The summed E-state index contributed by atoms with van der Waals surface area (Å²) in [5.74, 6) is -2.98. The van der Waals surface area contributed by atoms with Crippen molar-refractivity contribution in [2.75, 3.05) is 13.1 Å². The second kappa shape index (κ2) is 15.8. The van der Waals surface area contributed by atoms with Crippen molar-refractivity contribution in [3.05, 3.63) is 0 Å². The summed E-state index contributed by atoms with van der Waals surface area (Å²) in [4.78, 5) is 43.8. The monoisotopic (exact) mass is 405 g/mol. The highest BCUT2D eigenvalue weighted by molar-refractivity contribution is 5.90. The number of aliphatic carboxylic acids is 2. The van der Waals surface area contributed by atoms with Crippen molar-refractivity contribution in [3.63, 3.8) is 0 Å². The van der Waals surface area contributed by atoms with Crippen LogP contribution in [0.1, 0.15) is 46.5 Å². The number of carboxylic acid groups (broad SMARTS) is 2. The van der Waals surface area contributed by atoms with Crippen molar-refractivity contribution in [1.29, 1.82) is 0 Å². The van der Waals surface area contributed by atoms with Gasteiger partial charge < -0.3 is 38.0 Å². The zero-order chi connectivity index (χ0) is 22.3. The highest BCUT2D eigenvalue weighted by atomic mass is 16.4. The summed E-state index contributed by atoms with van der Waals surface area (Å²) in [7, 11) is 0. The molecule has 0 aromatic carbocycles. The summed E-state index contributed by atoms with van der Waals surface area (Å²) in [5.41, 5.74) is 15.7. The van der Waals surface area contributed by atoms with Crippen molar-refractivity contribution >= 4 is 23.8 Å². The van der Waals surface area contributed by atoms with Crippen LogP contribution < -0.4 is 27.8 Å². The Morgan fingerprint density at radius 1 is 0.964 bits per heavy atom. The fourth-order valence-electron chi connectivity index (χ4n) is 1.91. The van der Waals surface area contributed by atoms with Gasteiger partial charge in [-0.2, -0.15) is 0 Å². The van der Waals surface area contributed by atoms with Crippen LogP contribution in [0.3, 0.4) is 0 Å². The third-order valence-corrected chi connectivity index (χ3v) is 4.06. The van der Waals surface area contributed by atoms with Crippen LogP contribution >= 0.6 is 0 Å². The van der Waals surface area contributed by atoms with Crippen LogP contribution in [0.4, 0.5) is 0 Å². The molecule has 0 spiro atoms. The number of carbonyl (C=O) groups is 4. The summed E-state index contributed by atoms with van der Waals surface area (Å²) in [6.07, 6.45) is 2.42. The number of amides is 2. The highest BCUT2D eigenvalue weighted by Gasteiger charge is 2.23. The number of carboxylic acids is 2. The Balaban J connectivity index is 0. The maximum atomic E-state index is 11.7. The van der Waals surface area contributed by atoms with E-state index in [-0.39, 0.29) is 12.5 Å². The molecule has 0 fully saturated rings. The molecule has 28 heavy (non-hydrogen) atoms. The molecule has 11 heteroatoms. The Morgan fingerprint density at radius 2 is 1.54 bits per heavy atom. The summed E-state index contributed by atoms with van der Waals surface area (Å²) < 4.78 is 0. The van der Waals surface area contributed by atoms with Crippen LogP contribution in [0.15, 0.2) is 0 Å². The van der Waals surface area contributed by atoms with E-state index in [1.165, 1.54) is 6.92 Å². The lowest BCUT2D eigenvalue weighted by Gasteiger charge is -2.18. The first-order chi connectivity index (χ1) is 13.0. The molecule has 0 aliphatic rings. The van der Waals surface area contributed by atoms with E-state index in [0.29, 0.717) is 25.8 Å². The van der Waals surface area contributed by atoms with E-state index in [2.05, 4.69) is 10.6 Å². The van der Waals surface area contributed by atoms with Gasteiger partial charge in [-0.25, -0.2) is 4.79 Å². The molecule has 0 heterocycles. The Kier molecular flexibility index (Phi) is 15.8. The Morgan fingerprint density at radius 3 is 1.89 bits per heavy atom. The minimum absolute atomic E-state index is 0.0718. The van der Waals surface area contributed by atoms with Gasteiger partial charge in [0.05, 0.1) is 6.54 Å². The lowest BCUT2D eigenvalue weighted by molar-refractivity contribution is -0.142. The van der Waals surface area contributed by atoms with E-state index < -0.39 is 41.9 Å². The number of hydrogen-bond acceptors (Lipinski definition) is 7. The SMILES string of the molecule is CC[C@H](C)[C@H](N)C(=O)O.C[C@H](NC(=O)CN)C(=O)N[C@@H](CCCCN)C(=O)O. The summed E-state index contributed by atoms with van der Waals surface area (Å²) in [5, 5.41) is 22.1. The summed E-state index contributed by atoms with van der Waals surface area (Å²) in [6.45, 7) is 5.47. The van der Waals surface area contributed by atoms with Crippen LogP contribution in [0.5, 0.6) is 0 Å². The number of nitrogens with two attached hydrogens (primary N) is 3. The van der Waals surface area contributed by atoms with E-state index in [9.17, 15) is 19.2 Å². The van der Waals surface area contributed by atoms with Crippen LogP contribution in [0, 0.1) is 5.92 Å². The topological polar surface area (TPSA) is 211 Å². The molecule has 0 aliphatic carbocycles. The molecule has 0 aliphatic heterocycles. The van der Waals surface area contributed by atoms with Gasteiger partial charge in [0.15, 0.2) is 0 Å². The van der Waals surface area contributed by atoms with Crippen molar-refractivity contribution in [3.8, 4) is 0 Å². The molecule has 0 radical (unpaired) electrons. The fourth-order valence-corrected chi connectivity index (χ4v) is 1.91. The standard InChI is InChI=1S/C11H22N4O4.C6H13NO2/c1-7(14-9(16)6-13)10(17)15-8(11(18)19)4-2-3-5-12;1-3-4(2)5(7)6(8)9/h7-8H,2-6,12-13H2,1H3,(H,14,16)(H,15,17)(H,18,19);4-5H,3,7H2,1-2H3,(H,8,9)/t7-,8-;4-,5-/m00/s1. The highest BCUT2D eigenvalue weighted by Crippen LogP contribution is 2.04. The third-order valence-electron chi connectivity index (χ3n) is 4.06. The second-order valence-electron chi connectivity index (χ2n) is 6.43. The molecule has 0 aromatic heterocycles. The Hall–Kier alpha value is -2.24. The zero-order valence-electron chi connectivity index (χ0n) is 16.8. The second-order valence-corrected chi connectivity index (χ2v) is 6.43. The number of rotatable bonds is 12. The number of carbonyl (C=O) groups excluding carboxylic acids is 2. The van der Waals surface area contributed by atoms with E-state index >= 15 is 0 Å². The van der Waals surface area contributed by atoms with Crippen molar-refractivity contribution in [1.82, 2.24) is 10.6 Å². The average molecular weight is 405 g/mol. The molecule has 0 bridgehead atoms. The molecule has 0 unspecified atom stereocenters. The van der Waals surface area contributed by atoms with Gasteiger partial charge in [0.2, 0.25) is 11.8 Å². The van der Waals surface area contributed by atoms with Crippen molar-refractivity contribution in [2.24, 2.45) is 23.1 Å². The number of hydrogen-bond donors (Lipinski definition) is 7.